The number of hydrogen-bond acceptors (Lipinski definition) is 5. The second-order valence-corrected chi connectivity index (χ2v) is 6.19. The number of nitrogens with one attached hydrogen (secondary N) is 1. The zero-order valence-electron chi connectivity index (χ0n) is 14.1. The van der Waals surface area contributed by atoms with E-state index in [1.807, 2.05) is 26.0 Å². The van der Waals surface area contributed by atoms with Crippen LogP contribution < -0.4 is 5.32 Å². The van der Waals surface area contributed by atoms with Gasteiger partial charge < -0.3 is 10.1 Å². The van der Waals surface area contributed by atoms with E-state index in [9.17, 15) is 9.59 Å². The highest BCUT2D eigenvalue weighted by Crippen LogP contribution is 2.42. The van der Waals surface area contributed by atoms with E-state index in [0.717, 1.165) is 36.2 Å². The van der Waals surface area contributed by atoms with Crippen LogP contribution in [0.5, 0.6) is 0 Å². The Kier molecular flexibility index (Phi) is 4.79. The zero-order chi connectivity index (χ0) is 17.1. The molecule has 1 unspecified atom stereocenters. The fourth-order valence-electron chi connectivity index (χ4n) is 3.41. The van der Waals surface area contributed by atoms with Gasteiger partial charge in [0.25, 0.3) is 0 Å². The Bertz CT molecular complexity index is 719. The minimum atomic E-state index is -0.396. The molecule has 1 aliphatic carbocycles. The molecule has 0 fully saturated rings. The number of nitrogens with zero attached hydrogens (tertiary/aromatic N) is 1. The number of rotatable bonds is 4. The predicted octanol–water partition coefficient (Wildman–Crippen LogP) is 3.00. The number of allylic oxidation sites excluding steroid dienone is 3. The molecule has 0 aromatic carbocycles. The first kappa shape index (κ1) is 16.4. The van der Waals surface area contributed by atoms with Gasteiger partial charge in [0.15, 0.2) is 5.78 Å². The summed E-state index contributed by atoms with van der Waals surface area (Å²) in [6.45, 7) is 4.20. The van der Waals surface area contributed by atoms with Crippen LogP contribution in [0.15, 0.2) is 47.1 Å². The average molecular weight is 326 g/mol. The molecular formula is C19H22N2O3. The number of ketones is 1. The Balaban J connectivity index is 2.09. The molecule has 3 rings (SSSR count). The van der Waals surface area contributed by atoms with Crippen molar-refractivity contribution in [2.45, 2.75) is 45.4 Å². The second kappa shape index (κ2) is 6.99. The van der Waals surface area contributed by atoms with Gasteiger partial charge in [0, 0.05) is 41.7 Å². The fraction of sp³-hybridized carbons (Fsp3) is 0.421. The maximum Gasteiger partial charge on any atom is 0.336 e. The zero-order valence-corrected chi connectivity index (χ0v) is 14.1. The molecule has 2 aliphatic rings. The highest BCUT2D eigenvalue weighted by molar-refractivity contribution is 6.03. The highest BCUT2D eigenvalue weighted by atomic mass is 16.5. The van der Waals surface area contributed by atoms with Crippen LogP contribution in [-0.4, -0.2) is 23.3 Å². The molecule has 0 radical (unpaired) electrons. The van der Waals surface area contributed by atoms with E-state index in [4.69, 9.17) is 4.74 Å². The lowest BCUT2D eigenvalue weighted by atomic mass is 9.75. The normalized spacial score (nSPS) is 20.6. The molecule has 126 valence electrons. The maximum atomic E-state index is 12.7. The molecule has 24 heavy (non-hydrogen) atoms. The first-order chi connectivity index (χ1) is 11.6. The monoisotopic (exact) mass is 326 g/mol. The number of ether oxygens (including phenoxy) is 1. The summed E-state index contributed by atoms with van der Waals surface area (Å²) in [6, 6.07) is 3.74. The van der Waals surface area contributed by atoms with Gasteiger partial charge in [0.2, 0.25) is 0 Å². The molecule has 0 spiro atoms. The molecule has 0 amide bonds. The van der Waals surface area contributed by atoms with Gasteiger partial charge in [-0.2, -0.15) is 0 Å². The summed E-state index contributed by atoms with van der Waals surface area (Å²) in [4.78, 5) is 29.4. The lowest BCUT2D eigenvalue weighted by Gasteiger charge is -2.34. The molecule has 0 saturated carbocycles. The van der Waals surface area contributed by atoms with Gasteiger partial charge in [-0.15, -0.1) is 0 Å². The SMILES string of the molecule is CCCOC(=O)C1=C(C)NC2=C(C(=O)CCC2)C1c1cccnc1. The Morgan fingerprint density at radius 2 is 2.25 bits per heavy atom. The van der Waals surface area contributed by atoms with Crippen LogP contribution in [0.25, 0.3) is 0 Å². The third kappa shape index (κ3) is 2.98. The predicted molar refractivity (Wildman–Crippen MR) is 89.9 cm³/mol. The van der Waals surface area contributed by atoms with Crippen molar-refractivity contribution in [3.05, 3.63) is 52.6 Å². The molecule has 0 bridgehead atoms. The smallest absolute Gasteiger partial charge is 0.336 e. The van der Waals surface area contributed by atoms with Crippen molar-refractivity contribution in [2.24, 2.45) is 0 Å². The Hall–Kier alpha value is -2.43. The fourth-order valence-corrected chi connectivity index (χ4v) is 3.41. The van der Waals surface area contributed by atoms with Crippen LogP contribution >= 0.6 is 0 Å². The van der Waals surface area contributed by atoms with Gasteiger partial charge in [0.1, 0.15) is 0 Å². The van der Waals surface area contributed by atoms with Gasteiger partial charge in [-0.3, -0.25) is 9.78 Å². The number of dihydropyridines is 1. The van der Waals surface area contributed by atoms with Crippen LogP contribution in [0.2, 0.25) is 0 Å². The van der Waals surface area contributed by atoms with Crippen molar-refractivity contribution in [3.63, 3.8) is 0 Å². The Labute approximate surface area is 141 Å². The van der Waals surface area contributed by atoms with E-state index >= 15 is 0 Å². The van der Waals surface area contributed by atoms with Gasteiger partial charge in [-0.05, 0) is 37.8 Å². The van der Waals surface area contributed by atoms with Crippen molar-refractivity contribution in [1.29, 1.82) is 0 Å². The molecule has 2 heterocycles. The molecule has 1 aromatic rings. The first-order valence-electron chi connectivity index (χ1n) is 8.44. The Morgan fingerprint density at radius 3 is 2.96 bits per heavy atom. The molecule has 1 aliphatic heterocycles. The number of esters is 1. The molecule has 0 saturated heterocycles. The van der Waals surface area contributed by atoms with E-state index in [1.54, 1.807) is 12.4 Å². The third-order valence-electron chi connectivity index (χ3n) is 4.45. The summed E-state index contributed by atoms with van der Waals surface area (Å²) in [5, 5.41) is 3.27. The summed E-state index contributed by atoms with van der Waals surface area (Å²) >= 11 is 0. The molecular weight excluding hydrogens is 304 g/mol. The van der Waals surface area contributed by atoms with E-state index < -0.39 is 5.92 Å². The number of carbonyl (C=O) groups is 2. The maximum absolute atomic E-state index is 12.7. The average Bonchev–Trinajstić information content (AvgIpc) is 2.59. The van der Waals surface area contributed by atoms with E-state index in [2.05, 4.69) is 10.3 Å². The minimum absolute atomic E-state index is 0.103. The van der Waals surface area contributed by atoms with Crippen molar-refractivity contribution >= 4 is 11.8 Å². The standard InChI is InChI=1S/C19H22N2O3/c1-3-10-24-19(23)16-12(2)21-14-7-4-8-15(22)18(14)17(16)13-6-5-9-20-11-13/h5-6,9,11,17,21H,3-4,7-8,10H2,1-2H3. The first-order valence-corrected chi connectivity index (χ1v) is 8.44. The summed E-state index contributed by atoms with van der Waals surface area (Å²) < 4.78 is 5.38. The number of hydrogen-bond donors (Lipinski definition) is 1. The molecule has 1 N–H and O–H groups in total. The minimum Gasteiger partial charge on any atom is -0.462 e. The van der Waals surface area contributed by atoms with Gasteiger partial charge in [0.05, 0.1) is 12.2 Å². The Morgan fingerprint density at radius 1 is 1.42 bits per heavy atom. The summed E-state index contributed by atoms with van der Waals surface area (Å²) in [5.41, 5.74) is 3.77. The van der Waals surface area contributed by atoms with Crippen LogP contribution in [0.4, 0.5) is 0 Å². The lowest BCUT2D eigenvalue weighted by Crippen LogP contribution is -2.34. The largest absolute Gasteiger partial charge is 0.462 e. The number of Topliss-reactive ketones (excluding diaryl/α,β-unsaturated/α-hetero) is 1. The summed E-state index contributed by atoms with van der Waals surface area (Å²) in [7, 11) is 0. The van der Waals surface area contributed by atoms with Crippen molar-refractivity contribution in [1.82, 2.24) is 10.3 Å². The number of carbonyl (C=O) groups excluding carboxylic acids is 2. The quantitative estimate of drug-likeness (QED) is 0.862. The topological polar surface area (TPSA) is 68.3 Å². The van der Waals surface area contributed by atoms with Crippen molar-refractivity contribution in [3.8, 4) is 0 Å². The second-order valence-electron chi connectivity index (χ2n) is 6.19. The molecule has 5 heteroatoms. The van der Waals surface area contributed by atoms with E-state index in [-0.39, 0.29) is 11.8 Å². The molecule has 1 aromatic heterocycles. The van der Waals surface area contributed by atoms with Crippen LogP contribution in [-0.2, 0) is 14.3 Å². The van der Waals surface area contributed by atoms with E-state index in [0.29, 0.717) is 24.2 Å². The summed E-state index contributed by atoms with van der Waals surface area (Å²) in [5.74, 6) is -0.654. The number of aromatic nitrogens is 1. The van der Waals surface area contributed by atoms with Crippen LogP contribution in [0.1, 0.15) is 51.0 Å². The lowest BCUT2D eigenvalue weighted by molar-refractivity contribution is -0.139. The third-order valence-corrected chi connectivity index (χ3v) is 4.45. The van der Waals surface area contributed by atoms with Gasteiger partial charge >= 0.3 is 5.97 Å². The molecule has 5 nitrogen and oxygen atoms in total. The van der Waals surface area contributed by atoms with Crippen LogP contribution in [0.3, 0.4) is 0 Å². The highest BCUT2D eigenvalue weighted by Gasteiger charge is 2.39. The van der Waals surface area contributed by atoms with Gasteiger partial charge in [-0.25, -0.2) is 4.79 Å². The van der Waals surface area contributed by atoms with Crippen molar-refractivity contribution < 1.29 is 14.3 Å². The number of pyridine rings is 1. The molecule has 1 atom stereocenters. The summed E-state index contributed by atoms with van der Waals surface area (Å²) in [6.07, 6.45) is 6.36. The van der Waals surface area contributed by atoms with Crippen LogP contribution in [0, 0.1) is 0 Å². The van der Waals surface area contributed by atoms with Crippen molar-refractivity contribution in [2.75, 3.05) is 6.61 Å². The van der Waals surface area contributed by atoms with Gasteiger partial charge in [-0.1, -0.05) is 13.0 Å². The van der Waals surface area contributed by atoms with E-state index in [1.165, 1.54) is 0 Å².